The second-order valence-electron chi connectivity index (χ2n) is 4.61. The number of rotatable bonds is 12. The third-order valence-electron chi connectivity index (χ3n) is 2.99. The van der Waals surface area contributed by atoms with Crippen LogP contribution >= 0.6 is 0 Å². The Kier molecular flexibility index (Phi) is 11.0. The Hall–Kier alpha value is -0.0900. The minimum absolute atomic E-state index is 0.256. The maximum absolute atomic E-state index is 11.2. The van der Waals surface area contributed by atoms with Crippen LogP contribution in [0.2, 0.25) is 0 Å². The van der Waals surface area contributed by atoms with E-state index in [4.69, 9.17) is 0 Å². The summed E-state index contributed by atoms with van der Waals surface area (Å²) in [5.41, 5.74) is 0. The highest BCUT2D eigenvalue weighted by atomic mass is 32.2. The van der Waals surface area contributed by atoms with E-state index < -0.39 is 9.84 Å². The van der Waals surface area contributed by atoms with Crippen molar-refractivity contribution in [2.45, 2.75) is 58.8 Å². The SMILES string of the molecule is CCCCCCCCCNCCS(=O)(=O)CC. The van der Waals surface area contributed by atoms with Crippen molar-refractivity contribution >= 4 is 9.84 Å². The van der Waals surface area contributed by atoms with Gasteiger partial charge in [-0.25, -0.2) is 8.42 Å². The van der Waals surface area contributed by atoms with Gasteiger partial charge in [0.2, 0.25) is 0 Å². The Balaban J connectivity index is 3.14. The van der Waals surface area contributed by atoms with Crippen LogP contribution in [0.5, 0.6) is 0 Å². The van der Waals surface area contributed by atoms with Crippen LogP contribution in [-0.4, -0.2) is 33.0 Å². The molecule has 0 saturated heterocycles. The Morgan fingerprint density at radius 1 is 0.824 bits per heavy atom. The lowest BCUT2D eigenvalue weighted by atomic mass is 10.1. The van der Waals surface area contributed by atoms with Gasteiger partial charge in [-0.15, -0.1) is 0 Å². The molecular weight excluding hydrogens is 234 g/mol. The van der Waals surface area contributed by atoms with Gasteiger partial charge in [0.15, 0.2) is 9.84 Å². The third-order valence-corrected chi connectivity index (χ3v) is 4.69. The van der Waals surface area contributed by atoms with Gasteiger partial charge in [0, 0.05) is 12.3 Å². The maximum Gasteiger partial charge on any atom is 0.151 e. The molecule has 0 amide bonds. The first-order valence-electron chi connectivity index (χ1n) is 7.03. The van der Waals surface area contributed by atoms with Crippen LogP contribution < -0.4 is 5.32 Å². The highest BCUT2D eigenvalue weighted by molar-refractivity contribution is 7.91. The van der Waals surface area contributed by atoms with Crippen molar-refractivity contribution in [1.29, 1.82) is 0 Å². The minimum atomic E-state index is -2.79. The summed E-state index contributed by atoms with van der Waals surface area (Å²) in [7, 11) is -2.79. The summed E-state index contributed by atoms with van der Waals surface area (Å²) in [4.78, 5) is 0. The van der Waals surface area contributed by atoms with E-state index in [0.717, 1.165) is 13.0 Å². The Morgan fingerprint density at radius 2 is 1.41 bits per heavy atom. The van der Waals surface area contributed by atoms with Gasteiger partial charge < -0.3 is 5.32 Å². The van der Waals surface area contributed by atoms with Crippen molar-refractivity contribution in [3.8, 4) is 0 Å². The number of hydrogen-bond donors (Lipinski definition) is 1. The molecule has 0 spiro atoms. The molecule has 0 saturated carbocycles. The predicted molar refractivity (Wildman–Crippen MR) is 75.2 cm³/mol. The van der Waals surface area contributed by atoms with Gasteiger partial charge in [-0.1, -0.05) is 52.4 Å². The summed E-state index contributed by atoms with van der Waals surface area (Å²) in [6.45, 7) is 5.49. The van der Waals surface area contributed by atoms with Gasteiger partial charge in [-0.2, -0.15) is 0 Å². The first-order chi connectivity index (χ1) is 8.12. The van der Waals surface area contributed by atoms with Crippen LogP contribution in [0.25, 0.3) is 0 Å². The largest absolute Gasteiger partial charge is 0.316 e. The van der Waals surface area contributed by atoms with Crippen LogP contribution in [0.3, 0.4) is 0 Å². The molecule has 0 aliphatic rings. The number of nitrogens with one attached hydrogen (secondary N) is 1. The van der Waals surface area contributed by atoms with E-state index >= 15 is 0 Å². The quantitative estimate of drug-likeness (QED) is 0.551. The minimum Gasteiger partial charge on any atom is -0.316 e. The molecule has 0 aliphatic heterocycles. The summed E-state index contributed by atoms with van der Waals surface area (Å²) < 4.78 is 22.4. The third kappa shape index (κ3) is 12.2. The smallest absolute Gasteiger partial charge is 0.151 e. The van der Waals surface area contributed by atoms with E-state index in [2.05, 4.69) is 12.2 Å². The first kappa shape index (κ1) is 16.9. The zero-order valence-electron chi connectivity index (χ0n) is 11.5. The van der Waals surface area contributed by atoms with Gasteiger partial charge in [0.05, 0.1) is 5.75 Å². The van der Waals surface area contributed by atoms with Crippen molar-refractivity contribution in [3.63, 3.8) is 0 Å². The lowest BCUT2D eigenvalue weighted by Crippen LogP contribution is -2.24. The van der Waals surface area contributed by atoms with Crippen molar-refractivity contribution < 1.29 is 8.42 Å². The lowest BCUT2D eigenvalue weighted by molar-refractivity contribution is 0.564. The molecule has 0 atom stereocenters. The average Bonchev–Trinajstić information content (AvgIpc) is 2.31. The van der Waals surface area contributed by atoms with Gasteiger partial charge in [-0.3, -0.25) is 0 Å². The number of unbranched alkanes of at least 4 members (excludes halogenated alkanes) is 6. The zero-order chi connectivity index (χ0) is 13.0. The number of sulfone groups is 1. The van der Waals surface area contributed by atoms with Gasteiger partial charge in [-0.05, 0) is 13.0 Å². The van der Waals surface area contributed by atoms with Crippen LogP contribution in [-0.2, 0) is 9.84 Å². The zero-order valence-corrected chi connectivity index (χ0v) is 12.3. The highest BCUT2D eigenvalue weighted by Gasteiger charge is 2.05. The number of hydrogen-bond acceptors (Lipinski definition) is 3. The van der Waals surface area contributed by atoms with Crippen LogP contribution in [0.15, 0.2) is 0 Å². The molecule has 0 heterocycles. The van der Waals surface area contributed by atoms with Crippen molar-refractivity contribution in [1.82, 2.24) is 5.32 Å². The summed E-state index contributed by atoms with van der Waals surface area (Å²) in [5.74, 6) is 0.534. The maximum atomic E-state index is 11.2. The molecule has 1 N–H and O–H groups in total. The van der Waals surface area contributed by atoms with Gasteiger partial charge in [0.25, 0.3) is 0 Å². The Labute approximate surface area is 107 Å². The molecule has 0 unspecified atom stereocenters. The summed E-state index contributed by atoms with van der Waals surface area (Å²) in [6, 6.07) is 0. The molecule has 104 valence electrons. The Bertz CT molecular complexity index is 250. The first-order valence-corrected chi connectivity index (χ1v) is 8.85. The molecule has 0 rings (SSSR count). The molecule has 4 heteroatoms. The molecule has 0 radical (unpaired) electrons. The predicted octanol–water partition coefficient (Wildman–Crippen LogP) is 2.76. The molecule has 0 aromatic heterocycles. The summed E-state index contributed by atoms with van der Waals surface area (Å²) in [6.07, 6.45) is 9.10. The molecule has 17 heavy (non-hydrogen) atoms. The van der Waals surface area contributed by atoms with E-state index in [1.54, 1.807) is 6.92 Å². The van der Waals surface area contributed by atoms with Crippen molar-refractivity contribution in [2.75, 3.05) is 24.6 Å². The van der Waals surface area contributed by atoms with E-state index in [1.807, 2.05) is 0 Å². The summed E-state index contributed by atoms with van der Waals surface area (Å²) >= 11 is 0. The Morgan fingerprint density at radius 3 is 2.00 bits per heavy atom. The highest BCUT2D eigenvalue weighted by Crippen LogP contribution is 2.06. The molecule has 0 aromatic carbocycles. The molecule has 0 fully saturated rings. The average molecular weight is 263 g/mol. The molecular formula is C13H29NO2S. The fraction of sp³-hybridized carbons (Fsp3) is 1.00. The van der Waals surface area contributed by atoms with Gasteiger partial charge >= 0.3 is 0 Å². The topological polar surface area (TPSA) is 46.2 Å². The molecule has 3 nitrogen and oxygen atoms in total. The van der Waals surface area contributed by atoms with E-state index in [-0.39, 0.29) is 11.5 Å². The molecule has 0 bridgehead atoms. The second kappa shape index (κ2) is 11.0. The van der Waals surface area contributed by atoms with E-state index in [0.29, 0.717) is 6.54 Å². The van der Waals surface area contributed by atoms with Crippen LogP contribution in [0, 0.1) is 0 Å². The molecule has 0 aliphatic carbocycles. The van der Waals surface area contributed by atoms with E-state index in [1.165, 1.54) is 38.5 Å². The van der Waals surface area contributed by atoms with E-state index in [9.17, 15) is 8.42 Å². The lowest BCUT2D eigenvalue weighted by Gasteiger charge is -2.05. The summed E-state index contributed by atoms with van der Waals surface area (Å²) in [5, 5.41) is 3.20. The van der Waals surface area contributed by atoms with Gasteiger partial charge in [0.1, 0.15) is 0 Å². The monoisotopic (exact) mass is 263 g/mol. The van der Waals surface area contributed by atoms with Crippen molar-refractivity contribution in [2.24, 2.45) is 0 Å². The van der Waals surface area contributed by atoms with Crippen molar-refractivity contribution in [3.05, 3.63) is 0 Å². The normalized spacial score (nSPS) is 11.9. The molecule has 0 aromatic rings. The standard InChI is InChI=1S/C13H29NO2S/c1-3-5-6-7-8-9-10-11-14-12-13-17(15,16)4-2/h14H,3-13H2,1-2H3. The fourth-order valence-corrected chi connectivity index (χ4v) is 2.45. The van der Waals surface area contributed by atoms with Crippen LogP contribution in [0.1, 0.15) is 58.8 Å². The van der Waals surface area contributed by atoms with Crippen LogP contribution in [0.4, 0.5) is 0 Å². The fourth-order valence-electron chi connectivity index (χ4n) is 1.70. The second-order valence-corrected chi connectivity index (χ2v) is 7.08.